The number of Topliss-reactive ketones (excluding diaryl/α,β-unsaturated/α-hetero) is 1. The van der Waals surface area contributed by atoms with Crippen molar-refractivity contribution in [2.24, 2.45) is 0 Å². The highest BCUT2D eigenvalue weighted by molar-refractivity contribution is 6.36. The van der Waals surface area contributed by atoms with Crippen LogP contribution in [0.1, 0.15) is 25.8 Å². The standard InChI is InChI=1S/C17H17ClFNO2/c1-10-3-4-11(2)13(10)9-20-17(22)16(21)8-12-5-6-14(18)15(19)7-12/h3,5-7H,4,8-9H2,1-2H3,(H,20,22). The first-order valence-electron chi connectivity index (χ1n) is 6.99. The summed E-state index contributed by atoms with van der Waals surface area (Å²) >= 11 is 5.58. The van der Waals surface area contributed by atoms with E-state index in [0.717, 1.165) is 17.6 Å². The van der Waals surface area contributed by atoms with Crippen molar-refractivity contribution in [1.29, 1.82) is 0 Å². The Labute approximate surface area is 133 Å². The third-order valence-corrected chi connectivity index (χ3v) is 4.04. The maximum atomic E-state index is 13.3. The summed E-state index contributed by atoms with van der Waals surface area (Å²) in [5, 5.41) is 2.62. The van der Waals surface area contributed by atoms with Gasteiger partial charge in [0.15, 0.2) is 0 Å². The molecule has 0 aromatic heterocycles. The second-order valence-electron chi connectivity index (χ2n) is 5.38. The van der Waals surface area contributed by atoms with Crippen molar-refractivity contribution in [3.8, 4) is 0 Å². The molecule has 1 N–H and O–H groups in total. The fourth-order valence-corrected chi connectivity index (χ4v) is 2.48. The van der Waals surface area contributed by atoms with Gasteiger partial charge in [-0.25, -0.2) is 4.39 Å². The second kappa shape index (κ2) is 6.88. The van der Waals surface area contributed by atoms with E-state index in [0.29, 0.717) is 12.1 Å². The fraction of sp³-hybridized carbons (Fsp3) is 0.294. The monoisotopic (exact) mass is 321 g/mol. The van der Waals surface area contributed by atoms with Crippen LogP contribution in [0.4, 0.5) is 4.39 Å². The van der Waals surface area contributed by atoms with Crippen molar-refractivity contribution in [3.63, 3.8) is 0 Å². The van der Waals surface area contributed by atoms with Crippen LogP contribution in [0.5, 0.6) is 0 Å². The Kier molecular flexibility index (Phi) is 5.14. The number of rotatable bonds is 5. The molecule has 0 unspecified atom stereocenters. The highest BCUT2D eigenvalue weighted by Gasteiger charge is 2.17. The van der Waals surface area contributed by atoms with Crippen LogP contribution in [0.25, 0.3) is 0 Å². The summed E-state index contributed by atoms with van der Waals surface area (Å²) in [5.41, 5.74) is 3.82. The summed E-state index contributed by atoms with van der Waals surface area (Å²) < 4.78 is 13.3. The number of benzene rings is 1. The molecule has 1 aliphatic rings. The van der Waals surface area contributed by atoms with E-state index in [-0.39, 0.29) is 11.4 Å². The normalized spacial score (nSPS) is 14.1. The molecule has 0 bridgehead atoms. The van der Waals surface area contributed by atoms with Crippen LogP contribution in [0, 0.1) is 5.82 Å². The predicted molar refractivity (Wildman–Crippen MR) is 84.2 cm³/mol. The molecule has 1 amide bonds. The molecular formula is C17H17ClFNO2. The molecule has 0 atom stereocenters. The summed E-state index contributed by atoms with van der Waals surface area (Å²) in [7, 11) is 0. The van der Waals surface area contributed by atoms with Crippen LogP contribution in [-0.4, -0.2) is 18.2 Å². The van der Waals surface area contributed by atoms with E-state index in [4.69, 9.17) is 11.6 Å². The zero-order valence-electron chi connectivity index (χ0n) is 12.5. The lowest BCUT2D eigenvalue weighted by Gasteiger charge is -2.09. The van der Waals surface area contributed by atoms with Crippen LogP contribution in [0.2, 0.25) is 5.02 Å². The Balaban J connectivity index is 1.92. The lowest BCUT2D eigenvalue weighted by molar-refractivity contribution is -0.137. The predicted octanol–water partition coefficient (Wildman–Crippen LogP) is 3.37. The van der Waals surface area contributed by atoms with Gasteiger partial charge in [0.05, 0.1) is 5.02 Å². The van der Waals surface area contributed by atoms with E-state index in [9.17, 15) is 14.0 Å². The number of ketones is 1. The summed E-state index contributed by atoms with van der Waals surface area (Å²) in [6.07, 6.45) is 2.83. The van der Waals surface area contributed by atoms with Gasteiger partial charge in [0, 0.05) is 13.0 Å². The first-order chi connectivity index (χ1) is 10.4. The lowest BCUT2D eigenvalue weighted by Crippen LogP contribution is -2.33. The molecule has 0 radical (unpaired) electrons. The number of carbonyl (C=O) groups excluding carboxylic acids is 2. The Hall–Kier alpha value is -1.94. The van der Waals surface area contributed by atoms with E-state index in [1.165, 1.54) is 23.8 Å². The fourth-order valence-electron chi connectivity index (χ4n) is 2.36. The molecule has 1 aromatic carbocycles. The van der Waals surface area contributed by atoms with Gasteiger partial charge in [-0.3, -0.25) is 9.59 Å². The summed E-state index contributed by atoms with van der Waals surface area (Å²) in [6, 6.07) is 4.08. The van der Waals surface area contributed by atoms with Crippen LogP contribution in [0.15, 0.2) is 41.0 Å². The number of amides is 1. The summed E-state index contributed by atoms with van der Waals surface area (Å²) in [4.78, 5) is 23.7. The molecule has 0 heterocycles. The van der Waals surface area contributed by atoms with Crippen LogP contribution in [0.3, 0.4) is 0 Å². The summed E-state index contributed by atoms with van der Waals surface area (Å²) in [6.45, 7) is 4.33. The molecule has 2 rings (SSSR count). The van der Waals surface area contributed by atoms with Crippen molar-refractivity contribution in [2.45, 2.75) is 26.7 Å². The third-order valence-electron chi connectivity index (χ3n) is 3.73. The average Bonchev–Trinajstić information content (AvgIpc) is 2.79. The molecule has 5 heteroatoms. The van der Waals surface area contributed by atoms with E-state index in [1.807, 2.05) is 13.8 Å². The quantitative estimate of drug-likeness (QED) is 0.845. The van der Waals surface area contributed by atoms with Gasteiger partial charge in [-0.05, 0) is 49.1 Å². The van der Waals surface area contributed by atoms with Crippen LogP contribution in [-0.2, 0) is 16.0 Å². The van der Waals surface area contributed by atoms with Gasteiger partial charge in [0.2, 0.25) is 5.78 Å². The van der Waals surface area contributed by atoms with Gasteiger partial charge in [-0.15, -0.1) is 0 Å². The highest BCUT2D eigenvalue weighted by atomic mass is 35.5. The van der Waals surface area contributed by atoms with E-state index in [2.05, 4.69) is 11.4 Å². The number of hydrogen-bond acceptors (Lipinski definition) is 2. The first kappa shape index (κ1) is 16.4. The Morgan fingerprint density at radius 2 is 2.05 bits per heavy atom. The SMILES string of the molecule is CC1=CCC(C)=C1CNC(=O)C(=O)Cc1ccc(Cl)c(F)c1. The molecule has 0 saturated carbocycles. The number of carbonyl (C=O) groups is 2. The Bertz CT molecular complexity index is 692. The number of hydrogen-bond donors (Lipinski definition) is 1. The highest BCUT2D eigenvalue weighted by Crippen LogP contribution is 2.24. The zero-order chi connectivity index (χ0) is 16.3. The van der Waals surface area contributed by atoms with Gasteiger partial charge in [-0.2, -0.15) is 0 Å². The number of halogens is 2. The van der Waals surface area contributed by atoms with E-state index in [1.54, 1.807) is 0 Å². The van der Waals surface area contributed by atoms with Crippen molar-refractivity contribution in [1.82, 2.24) is 5.32 Å². The van der Waals surface area contributed by atoms with Gasteiger partial charge in [0.1, 0.15) is 5.82 Å². The molecule has 1 aromatic rings. The van der Waals surface area contributed by atoms with Crippen molar-refractivity contribution in [2.75, 3.05) is 6.54 Å². The van der Waals surface area contributed by atoms with Gasteiger partial charge in [0.25, 0.3) is 5.91 Å². The molecule has 0 spiro atoms. The third kappa shape index (κ3) is 3.83. The Morgan fingerprint density at radius 3 is 2.64 bits per heavy atom. The number of nitrogens with one attached hydrogen (secondary N) is 1. The average molecular weight is 322 g/mol. The maximum Gasteiger partial charge on any atom is 0.287 e. The minimum atomic E-state index is -0.657. The molecule has 116 valence electrons. The molecular weight excluding hydrogens is 305 g/mol. The minimum Gasteiger partial charge on any atom is -0.345 e. The Morgan fingerprint density at radius 1 is 1.32 bits per heavy atom. The molecule has 0 saturated heterocycles. The maximum absolute atomic E-state index is 13.3. The zero-order valence-corrected chi connectivity index (χ0v) is 13.3. The molecule has 0 aliphatic heterocycles. The largest absolute Gasteiger partial charge is 0.345 e. The van der Waals surface area contributed by atoms with Crippen molar-refractivity contribution < 1.29 is 14.0 Å². The lowest BCUT2D eigenvalue weighted by atomic mass is 10.1. The molecule has 0 fully saturated rings. The van der Waals surface area contributed by atoms with Crippen molar-refractivity contribution in [3.05, 3.63) is 57.4 Å². The van der Waals surface area contributed by atoms with E-state index < -0.39 is 17.5 Å². The first-order valence-corrected chi connectivity index (χ1v) is 7.37. The van der Waals surface area contributed by atoms with Crippen LogP contribution < -0.4 is 5.32 Å². The van der Waals surface area contributed by atoms with Gasteiger partial charge >= 0.3 is 0 Å². The number of allylic oxidation sites excluding steroid dienone is 2. The van der Waals surface area contributed by atoms with Gasteiger partial charge < -0.3 is 5.32 Å². The van der Waals surface area contributed by atoms with Gasteiger partial charge in [-0.1, -0.05) is 29.3 Å². The second-order valence-corrected chi connectivity index (χ2v) is 5.79. The summed E-state index contributed by atoms with van der Waals surface area (Å²) in [5.74, 6) is -1.85. The topological polar surface area (TPSA) is 46.2 Å². The van der Waals surface area contributed by atoms with Crippen LogP contribution >= 0.6 is 11.6 Å². The smallest absolute Gasteiger partial charge is 0.287 e. The molecule has 1 aliphatic carbocycles. The minimum absolute atomic E-state index is 0.00782. The van der Waals surface area contributed by atoms with E-state index >= 15 is 0 Å². The molecule has 22 heavy (non-hydrogen) atoms. The van der Waals surface area contributed by atoms with Crippen molar-refractivity contribution >= 4 is 23.3 Å². The molecule has 3 nitrogen and oxygen atoms in total.